The Morgan fingerprint density at radius 3 is 2.65 bits per heavy atom. The van der Waals surface area contributed by atoms with Crippen molar-refractivity contribution in [2.24, 2.45) is 7.05 Å². The molecule has 0 unspecified atom stereocenters. The van der Waals surface area contributed by atoms with Crippen LogP contribution in [-0.2, 0) is 29.4 Å². The van der Waals surface area contributed by atoms with E-state index in [-0.39, 0.29) is 10.5 Å². The monoisotopic (exact) mass is 477 g/mol. The smallest absolute Gasteiger partial charge is 0.271 e. The van der Waals surface area contributed by atoms with Gasteiger partial charge in [0, 0.05) is 27.7 Å². The first-order valence-electron chi connectivity index (χ1n) is 9.72. The van der Waals surface area contributed by atoms with E-state index in [0.717, 1.165) is 24.3 Å². The van der Waals surface area contributed by atoms with Gasteiger partial charge in [-0.1, -0.05) is 18.7 Å². The van der Waals surface area contributed by atoms with Crippen molar-refractivity contribution in [3.63, 3.8) is 0 Å². The minimum absolute atomic E-state index is 0.0527. The summed E-state index contributed by atoms with van der Waals surface area (Å²) in [5, 5.41) is 2.50. The molecule has 0 bridgehead atoms. The van der Waals surface area contributed by atoms with Crippen molar-refractivity contribution in [3.05, 3.63) is 45.8 Å². The summed E-state index contributed by atoms with van der Waals surface area (Å²) in [4.78, 5) is 22.1. The molecule has 31 heavy (non-hydrogen) atoms. The third kappa shape index (κ3) is 3.91. The van der Waals surface area contributed by atoms with Crippen LogP contribution in [0.4, 0.5) is 0 Å². The molecule has 0 saturated heterocycles. The van der Waals surface area contributed by atoms with E-state index in [4.69, 9.17) is 4.98 Å². The second kappa shape index (κ2) is 8.38. The van der Waals surface area contributed by atoms with Crippen molar-refractivity contribution >= 4 is 54.4 Å². The standard InChI is InChI=1S/C20H23N5O3S3/c1-5-9-25-16-7-6-13(31(27,28)23(2)3)11-15(16)21-17(25)12-30-20-22-14-8-10-29-18(14)19(26)24(20)4/h6-8,10-11H,5,9,12H2,1-4H3. The highest BCUT2D eigenvalue weighted by atomic mass is 32.2. The molecule has 0 aliphatic heterocycles. The van der Waals surface area contributed by atoms with Crippen LogP contribution in [0, 0.1) is 0 Å². The van der Waals surface area contributed by atoms with Crippen molar-refractivity contribution in [1.82, 2.24) is 23.4 Å². The van der Waals surface area contributed by atoms with E-state index in [1.165, 1.54) is 41.5 Å². The summed E-state index contributed by atoms with van der Waals surface area (Å²) in [5.74, 6) is 1.33. The van der Waals surface area contributed by atoms with Crippen molar-refractivity contribution in [1.29, 1.82) is 0 Å². The Morgan fingerprint density at radius 1 is 1.16 bits per heavy atom. The highest BCUT2D eigenvalue weighted by Gasteiger charge is 2.20. The van der Waals surface area contributed by atoms with Gasteiger partial charge in [0.25, 0.3) is 5.56 Å². The molecule has 0 N–H and O–H groups in total. The molecule has 0 amide bonds. The largest absolute Gasteiger partial charge is 0.327 e. The quantitative estimate of drug-likeness (QED) is 0.300. The SMILES string of the molecule is CCCn1c(CSc2nc3ccsc3c(=O)n2C)nc2cc(S(=O)(=O)N(C)C)ccc21. The van der Waals surface area contributed by atoms with Gasteiger partial charge in [0.1, 0.15) is 10.5 Å². The highest BCUT2D eigenvalue weighted by Crippen LogP contribution is 2.27. The minimum Gasteiger partial charge on any atom is -0.327 e. The first-order valence-corrected chi connectivity index (χ1v) is 13.0. The van der Waals surface area contributed by atoms with Crippen molar-refractivity contribution in [2.75, 3.05) is 14.1 Å². The van der Waals surface area contributed by atoms with Crippen LogP contribution in [0.25, 0.3) is 21.3 Å². The van der Waals surface area contributed by atoms with E-state index in [2.05, 4.69) is 16.5 Å². The Labute approximate surface area is 188 Å². The lowest BCUT2D eigenvalue weighted by molar-refractivity contribution is 0.521. The lowest BCUT2D eigenvalue weighted by atomic mass is 10.3. The minimum atomic E-state index is -3.53. The molecule has 0 aliphatic carbocycles. The molecular formula is C20H23N5O3S3. The maximum Gasteiger partial charge on any atom is 0.271 e. The van der Waals surface area contributed by atoms with Gasteiger partial charge in [-0.2, -0.15) is 0 Å². The van der Waals surface area contributed by atoms with E-state index in [9.17, 15) is 13.2 Å². The number of hydrogen-bond acceptors (Lipinski definition) is 7. The molecule has 8 nitrogen and oxygen atoms in total. The van der Waals surface area contributed by atoms with Crippen LogP contribution in [0.5, 0.6) is 0 Å². The fourth-order valence-electron chi connectivity index (χ4n) is 3.34. The number of benzene rings is 1. The van der Waals surface area contributed by atoms with Crippen LogP contribution in [-0.4, -0.2) is 45.9 Å². The summed E-state index contributed by atoms with van der Waals surface area (Å²) in [6, 6.07) is 6.91. The number of fused-ring (bicyclic) bond motifs is 2. The van der Waals surface area contributed by atoms with Crippen molar-refractivity contribution in [2.45, 2.75) is 35.7 Å². The molecule has 4 rings (SSSR count). The topological polar surface area (TPSA) is 90.1 Å². The number of imidazole rings is 1. The molecule has 164 valence electrons. The second-order valence-corrected chi connectivity index (χ2v) is 11.3. The van der Waals surface area contributed by atoms with Crippen LogP contribution in [0.1, 0.15) is 19.2 Å². The molecule has 4 aromatic rings. The Hall–Kier alpha value is -2.21. The molecule has 0 spiro atoms. The molecular weight excluding hydrogens is 454 g/mol. The molecule has 0 atom stereocenters. The van der Waals surface area contributed by atoms with Crippen LogP contribution < -0.4 is 5.56 Å². The van der Waals surface area contributed by atoms with E-state index in [1.54, 1.807) is 23.7 Å². The molecule has 3 heterocycles. The number of nitrogens with zero attached hydrogens (tertiary/aromatic N) is 5. The molecule has 0 fully saturated rings. The number of aryl methyl sites for hydroxylation is 1. The molecule has 0 saturated carbocycles. The predicted octanol–water partition coefficient (Wildman–Crippen LogP) is 3.30. The highest BCUT2D eigenvalue weighted by molar-refractivity contribution is 7.98. The number of aromatic nitrogens is 4. The zero-order chi connectivity index (χ0) is 22.3. The number of rotatable bonds is 7. The maximum atomic E-state index is 12.6. The molecule has 11 heteroatoms. The van der Waals surface area contributed by atoms with Gasteiger partial charge in [-0.3, -0.25) is 9.36 Å². The van der Waals surface area contributed by atoms with Crippen LogP contribution >= 0.6 is 23.1 Å². The van der Waals surface area contributed by atoms with Gasteiger partial charge >= 0.3 is 0 Å². The van der Waals surface area contributed by atoms with Crippen molar-refractivity contribution < 1.29 is 8.42 Å². The van der Waals surface area contributed by atoms with E-state index < -0.39 is 10.0 Å². The summed E-state index contributed by atoms with van der Waals surface area (Å²) in [6.45, 7) is 2.85. The van der Waals surface area contributed by atoms with Gasteiger partial charge in [0.2, 0.25) is 10.0 Å². The summed E-state index contributed by atoms with van der Waals surface area (Å²) >= 11 is 2.84. The molecule has 0 radical (unpaired) electrons. The normalized spacial score (nSPS) is 12.4. The Bertz CT molecular complexity index is 1430. The number of thioether (sulfide) groups is 1. The van der Waals surface area contributed by atoms with Gasteiger partial charge in [-0.05, 0) is 36.1 Å². The number of hydrogen-bond donors (Lipinski definition) is 0. The zero-order valence-electron chi connectivity index (χ0n) is 17.7. The van der Waals surface area contributed by atoms with Crippen molar-refractivity contribution in [3.8, 4) is 0 Å². The molecule has 3 aromatic heterocycles. The Balaban J connectivity index is 1.72. The Kier molecular flexibility index (Phi) is 5.95. The molecule has 1 aromatic carbocycles. The summed E-state index contributed by atoms with van der Waals surface area (Å²) in [7, 11) is 1.22. The van der Waals surface area contributed by atoms with Gasteiger partial charge in [-0.25, -0.2) is 22.7 Å². The second-order valence-electron chi connectivity index (χ2n) is 7.30. The first kappa shape index (κ1) is 22.0. The lowest BCUT2D eigenvalue weighted by Crippen LogP contribution is -2.22. The average molecular weight is 478 g/mol. The van der Waals surface area contributed by atoms with Gasteiger partial charge < -0.3 is 4.57 Å². The van der Waals surface area contributed by atoms with E-state index >= 15 is 0 Å². The lowest BCUT2D eigenvalue weighted by Gasteiger charge is -2.11. The number of thiophene rings is 1. The van der Waals surface area contributed by atoms with E-state index in [0.29, 0.717) is 26.6 Å². The van der Waals surface area contributed by atoms with Crippen LogP contribution in [0.15, 0.2) is 44.5 Å². The predicted molar refractivity (Wildman–Crippen MR) is 125 cm³/mol. The average Bonchev–Trinajstić information content (AvgIpc) is 3.34. The third-order valence-electron chi connectivity index (χ3n) is 5.00. The van der Waals surface area contributed by atoms with Gasteiger partial charge in [0.15, 0.2) is 5.16 Å². The summed E-state index contributed by atoms with van der Waals surface area (Å²) in [6.07, 6.45) is 0.915. The zero-order valence-corrected chi connectivity index (χ0v) is 20.1. The van der Waals surface area contributed by atoms with Crippen LogP contribution in [0.3, 0.4) is 0 Å². The fraction of sp³-hybridized carbons (Fsp3) is 0.350. The molecule has 0 aliphatic rings. The summed E-state index contributed by atoms with van der Waals surface area (Å²) < 4.78 is 30.5. The Morgan fingerprint density at radius 2 is 1.94 bits per heavy atom. The third-order valence-corrected chi connectivity index (χ3v) is 8.73. The summed E-state index contributed by atoms with van der Waals surface area (Å²) in [5.41, 5.74) is 2.19. The van der Waals surface area contributed by atoms with Gasteiger partial charge in [-0.15, -0.1) is 11.3 Å². The first-order chi connectivity index (χ1) is 14.7. The van der Waals surface area contributed by atoms with Crippen LogP contribution in [0.2, 0.25) is 0 Å². The fourth-order valence-corrected chi connectivity index (χ4v) is 5.99. The maximum absolute atomic E-state index is 12.6. The number of sulfonamides is 1. The van der Waals surface area contributed by atoms with E-state index in [1.807, 2.05) is 17.5 Å². The van der Waals surface area contributed by atoms with Gasteiger partial charge in [0.05, 0.1) is 27.2 Å².